The van der Waals surface area contributed by atoms with Crippen LogP contribution in [0.3, 0.4) is 0 Å². The molecule has 0 saturated heterocycles. The van der Waals surface area contributed by atoms with Crippen LogP contribution in [0.2, 0.25) is 0 Å². The van der Waals surface area contributed by atoms with E-state index in [1.165, 1.54) is 77.2 Å². The molecule has 10 aromatic carbocycles. The Labute approximate surface area is 339 Å². The molecule has 1 aliphatic carbocycles. The van der Waals surface area contributed by atoms with Gasteiger partial charge in [0.15, 0.2) is 0 Å². The van der Waals surface area contributed by atoms with E-state index in [0.717, 1.165) is 17.1 Å². The molecule has 0 bridgehead atoms. The molecular weight excluding hydrogens is 699 g/mol. The van der Waals surface area contributed by atoms with Gasteiger partial charge >= 0.3 is 0 Å². The fraction of sp³-hybridized carbons (Fsp3) is 0.0175. The average Bonchev–Trinajstić information content (AvgIpc) is 3.61. The molecule has 0 aromatic heterocycles. The Morgan fingerprint density at radius 2 is 0.828 bits per heavy atom. The van der Waals surface area contributed by atoms with E-state index in [9.17, 15) is 0 Å². The molecule has 10 aromatic rings. The lowest BCUT2D eigenvalue weighted by Gasteiger charge is -2.34. The van der Waals surface area contributed by atoms with Crippen LogP contribution in [0, 0.1) is 0 Å². The van der Waals surface area contributed by atoms with Crippen LogP contribution in [0.15, 0.2) is 237 Å². The molecule has 58 heavy (non-hydrogen) atoms. The van der Waals surface area contributed by atoms with Gasteiger partial charge in [-0.1, -0.05) is 206 Å². The molecule has 11 rings (SSSR count). The maximum atomic E-state index is 2.48. The normalized spacial score (nSPS) is 12.6. The van der Waals surface area contributed by atoms with Crippen molar-refractivity contribution in [2.45, 2.75) is 5.41 Å². The Morgan fingerprint density at radius 1 is 0.310 bits per heavy atom. The summed E-state index contributed by atoms with van der Waals surface area (Å²) in [6.45, 7) is 0. The van der Waals surface area contributed by atoms with Crippen molar-refractivity contribution in [3.05, 3.63) is 259 Å². The highest BCUT2D eigenvalue weighted by Crippen LogP contribution is 2.59. The largest absolute Gasteiger partial charge is 0.310 e. The van der Waals surface area contributed by atoms with Crippen molar-refractivity contribution < 1.29 is 0 Å². The van der Waals surface area contributed by atoms with E-state index in [2.05, 4.69) is 241 Å². The van der Waals surface area contributed by atoms with Crippen molar-refractivity contribution in [3.63, 3.8) is 0 Å². The van der Waals surface area contributed by atoms with Crippen molar-refractivity contribution in [2.24, 2.45) is 0 Å². The minimum absolute atomic E-state index is 0.501. The van der Waals surface area contributed by atoms with Crippen LogP contribution in [-0.4, -0.2) is 0 Å². The summed E-state index contributed by atoms with van der Waals surface area (Å²) < 4.78 is 0. The number of hydrogen-bond donors (Lipinski definition) is 0. The van der Waals surface area contributed by atoms with Gasteiger partial charge in [0, 0.05) is 16.9 Å². The molecule has 272 valence electrons. The summed E-state index contributed by atoms with van der Waals surface area (Å²) in [6.07, 6.45) is 0. The third kappa shape index (κ3) is 5.32. The Kier molecular flexibility index (Phi) is 8.12. The SMILES string of the molecule is c1ccc(-c2cccc(N(c3ccc4c(-c5cccc6ccccc56)cccc4c3)c3cccc4c3-c3ccccc3C4(c3ccccc3)c3ccccc3)c2)cc1. The zero-order valence-corrected chi connectivity index (χ0v) is 32.0. The van der Waals surface area contributed by atoms with Crippen LogP contribution >= 0.6 is 0 Å². The molecule has 0 saturated carbocycles. The minimum atomic E-state index is -0.501. The topological polar surface area (TPSA) is 3.24 Å². The van der Waals surface area contributed by atoms with E-state index in [1.807, 2.05) is 0 Å². The van der Waals surface area contributed by atoms with E-state index < -0.39 is 5.41 Å². The third-order valence-corrected chi connectivity index (χ3v) is 12.1. The second kappa shape index (κ2) is 13.9. The molecule has 0 amide bonds. The number of anilines is 3. The van der Waals surface area contributed by atoms with Crippen LogP contribution < -0.4 is 4.90 Å². The van der Waals surface area contributed by atoms with Gasteiger partial charge < -0.3 is 4.90 Å². The molecule has 1 nitrogen and oxygen atoms in total. The summed E-state index contributed by atoms with van der Waals surface area (Å²) in [7, 11) is 0. The van der Waals surface area contributed by atoms with Crippen molar-refractivity contribution >= 4 is 38.6 Å². The summed E-state index contributed by atoms with van der Waals surface area (Å²) in [5.41, 5.74) is 15.3. The second-order valence-electron chi connectivity index (χ2n) is 15.2. The molecule has 1 heteroatoms. The Morgan fingerprint density at radius 3 is 1.59 bits per heavy atom. The van der Waals surface area contributed by atoms with Gasteiger partial charge in [0.25, 0.3) is 0 Å². The predicted molar refractivity (Wildman–Crippen MR) is 244 cm³/mol. The third-order valence-electron chi connectivity index (χ3n) is 12.1. The lowest BCUT2D eigenvalue weighted by molar-refractivity contribution is 0.768. The highest BCUT2D eigenvalue weighted by atomic mass is 15.1. The fourth-order valence-corrected chi connectivity index (χ4v) is 9.65. The van der Waals surface area contributed by atoms with E-state index >= 15 is 0 Å². The molecule has 0 N–H and O–H groups in total. The summed E-state index contributed by atoms with van der Waals surface area (Å²) in [5.74, 6) is 0. The minimum Gasteiger partial charge on any atom is -0.310 e. The van der Waals surface area contributed by atoms with Crippen LogP contribution in [0.25, 0.3) is 54.9 Å². The Balaban J connectivity index is 1.18. The number of hydrogen-bond acceptors (Lipinski definition) is 1. The van der Waals surface area contributed by atoms with Gasteiger partial charge in [0.1, 0.15) is 0 Å². The number of fused-ring (bicyclic) bond motifs is 5. The van der Waals surface area contributed by atoms with Crippen LogP contribution in [0.1, 0.15) is 22.3 Å². The van der Waals surface area contributed by atoms with E-state index in [1.54, 1.807) is 0 Å². The van der Waals surface area contributed by atoms with Crippen LogP contribution in [0.5, 0.6) is 0 Å². The van der Waals surface area contributed by atoms with E-state index in [0.29, 0.717) is 0 Å². The maximum Gasteiger partial charge on any atom is 0.0714 e. The standard InChI is InChI=1S/C57H39N/c1-4-18-40(19-5-1)42-22-14-28-46(38-42)58(47-36-37-49-43(39-47)23-16-32-51(49)50-31-15-21-41-20-10-11-29-48(41)50)55-35-17-34-54-56(55)52-30-12-13-33-53(52)57(54,44-24-6-2-7-25-44)45-26-8-3-9-27-45/h1-39H. The molecule has 1 aliphatic rings. The van der Waals surface area contributed by atoms with Crippen molar-refractivity contribution in [1.29, 1.82) is 0 Å². The molecule has 0 aliphatic heterocycles. The summed E-state index contributed by atoms with van der Waals surface area (Å²) in [6, 6.07) is 86.8. The van der Waals surface area contributed by atoms with Gasteiger partial charge in [0.05, 0.1) is 11.1 Å². The van der Waals surface area contributed by atoms with Gasteiger partial charge in [0.2, 0.25) is 0 Å². The first-order valence-corrected chi connectivity index (χ1v) is 20.1. The average molecular weight is 738 g/mol. The number of nitrogens with zero attached hydrogens (tertiary/aromatic N) is 1. The predicted octanol–water partition coefficient (Wildman–Crippen LogP) is 15.2. The van der Waals surface area contributed by atoms with Crippen molar-refractivity contribution in [2.75, 3.05) is 4.90 Å². The first-order chi connectivity index (χ1) is 28.8. The van der Waals surface area contributed by atoms with Gasteiger partial charge in [-0.05, 0) is 102 Å². The van der Waals surface area contributed by atoms with Gasteiger partial charge in [-0.3, -0.25) is 0 Å². The van der Waals surface area contributed by atoms with E-state index in [-0.39, 0.29) is 0 Å². The quantitative estimate of drug-likeness (QED) is 0.157. The van der Waals surface area contributed by atoms with Crippen molar-refractivity contribution in [3.8, 4) is 33.4 Å². The molecule has 0 atom stereocenters. The number of rotatable bonds is 7. The maximum absolute atomic E-state index is 2.48. The molecule has 0 spiro atoms. The summed E-state index contributed by atoms with van der Waals surface area (Å²) in [4.78, 5) is 2.48. The first kappa shape index (κ1) is 33.8. The first-order valence-electron chi connectivity index (χ1n) is 20.1. The van der Waals surface area contributed by atoms with Gasteiger partial charge in [-0.15, -0.1) is 0 Å². The zero-order chi connectivity index (χ0) is 38.5. The highest BCUT2D eigenvalue weighted by Gasteiger charge is 2.47. The molecular formula is C57H39N. The zero-order valence-electron chi connectivity index (χ0n) is 32.0. The fourth-order valence-electron chi connectivity index (χ4n) is 9.65. The smallest absolute Gasteiger partial charge is 0.0714 e. The monoisotopic (exact) mass is 737 g/mol. The van der Waals surface area contributed by atoms with Gasteiger partial charge in [-0.25, -0.2) is 0 Å². The Bertz CT molecular complexity index is 3070. The Hall–Kier alpha value is -7.48. The number of benzene rings is 10. The van der Waals surface area contributed by atoms with Crippen LogP contribution in [-0.2, 0) is 5.41 Å². The lowest BCUT2D eigenvalue weighted by Crippen LogP contribution is -2.28. The highest BCUT2D eigenvalue weighted by molar-refractivity contribution is 6.07. The van der Waals surface area contributed by atoms with Gasteiger partial charge in [-0.2, -0.15) is 0 Å². The molecule has 0 radical (unpaired) electrons. The lowest BCUT2D eigenvalue weighted by atomic mass is 9.68. The van der Waals surface area contributed by atoms with Crippen LogP contribution in [0.4, 0.5) is 17.1 Å². The second-order valence-corrected chi connectivity index (χ2v) is 15.2. The molecule has 0 fully saturated rings. The van der Waals surface area contributed by atoms with E-state index in [4.69, 9.17) is 0 Å². The molecule has 0 unspecified atom stereocenters. The molecule has 0 heterocycles. The summed E-state index contributed by atoms with van der Waals surface area (Å²) >= 11 is 0. The van der Waals surface area contributed by atoms with Crippen molar-refractivity contribution in [1.82, 2.24) is 0 Å². The summed E-state index contributed by atoms with van der Waals surface area (Å²) in [5, 5.41) is 4.94.